The average Bonchev–Trinajstić information content (AvgIpc) is 2.53. The minimum absolute atomic E-state index is 0.0151. The second-order valence-corrected chi connectivity index (χ2v) is 6.86. The normalized spacial score (nSPS) is 13.5. The third kappa shape index (κ3) is 11.5. The number of carbonyl (C=O) groups excluding carboxylic acids is 1. The number of carboxylic acids is 1. The summed E-state index contributed by atoms with van der Waals surface area (Å²) in [6.07, 6.45) is 3.23. The highest BCUT2D eigenvalue weighted by atomic mass is 16.4. The fourth-order valence-electron chi connectivity index (χ4n) is 2.41. The number of hydrogen-bond donors (Lipinski definition) is 5. The zero-order valence-electron chi connectivity index (χ0n) is 15.7. The number of amides is 1. The summed E-state index contributed by atoms with van der Waals surface area (Å²) in [5.41, 5.74) is 5.91. The molecule has 0 aliphatic carbocycles. The van der Waals surface area contributed by atoms with E-state index in [0.29, 0.717) is 31.1 Å². The standard InChI is InChI=1S/C17H34N4O4/c1-13(21-25)17(2,3)20-12-9-14(7-10-18)8-11-19-15(22)5-4-6-16(23)24/h14,20,25H,4-12,18H2,1-3H3,(H,19,22)(H,23,24)/b21-13+. The van der Waals surface area contributed by atoms with Crippen LogP contribution in [0.1, 0.15) is 59.3 Å². The van der Waals surface area contributed by atoms with E-state index in [1.165, 1.54) is 0 Å². The molecular weight excluding hydrogens is 324 g/mol. The number of rotatable bonds is 14. The Bertz CT molecular complexity index is 438. The van der Waals surface area contributed by atoms with E-state index in [1.807, 2.05) is 13.8 Å². The molecule has 0 spiro atoms. The van der Waals surface area contributed by atoms with Crippen molar-refractivity contribution < 1.29 is 19.9 Å². The van der Waals surface area contributed by atoms with Crippen molar-refractivity contribution in [3.8, 4) is 0 Å². The molecule has 0 aliphatic heterocycles. The fourth-order valence-corrected chi connectivity index (χ4v) is 2.41. The molecule has 0 radical (unpaired) electrons. The Kier molecular flexibility index (Phi) is 11.8. The summed E-state index contributed by atoms with van der Waals surface area (Å²) in [6.45, 7) is 7.60. The van der Waals surface area contributed by atoms with Gasteiger partial charge in [0.15, 0.2) is 0 Å². The van der Waals surface area contributed by atoms with Gasteiger partial charge in [0.1, 0.15) is 0 Å². The Morgan fingerprint density at radius 3 is 2.36 bits per heavy atom. The van der Waals surface area contributed by atoms with Crippen LogP contribution in [0.3, 0.4) is 0 Å². The van der Waals surface area contributed by atoms with Crippen LogP contribution in [0.4, 0.5) is 0 Å². The lowest BCUT2D eigenvalue weighted by Crippen LogP contribution is -2.46. The van der Waals surface area contributed by atoms with E-state index in [4.69, 9.17) is 16.0 Å². The van der Waals surface area contributed by atoms with Crippen LogP contribution in [0.5, 0.6) is 0 Å². The zero-order valence-corrected chi connectivity index (χ0v) is 15.7. The third-order valence-corrected chi connectivity index (χ3v) is 4.42. The number of carbonyl (C=O) groups is 2. The average molecular weight is 358 g/mol. The molecule has 8 heteroatoms. The monoisotopic (exact) mass is 358 g/mol. The van der Waals surface area contributed by atoms with Crippen LogP contribution < -0.4 is 16.4 Å². The van der Waals surface area contributed by atoms with Crippen molar-refractivity contribution in [2.75, 3.05) is 19.6 Å². The van der Waals surface area contributed by atoms with Gasteiger partial charge >= 0.3 is 5.97 Å². The zero-order chi connectivity index (χ0) is 19.3. The van der Waals surface area contributed by atoms with E-state index >= 15 is 0 Å². The van der Waals surface area contributed by atoms with Gasteiger partial charge < -0.3 is 26.7 Å². The molecule has 1 unspecified atom stereocenters. The summed E-state index contributed by atoms with van der Waals surface area (Å²) in [4.78, 5) is 22.1. The fraction of sp³-hybridized carbons (Fsp3) is 0.824. The van der Waals surface area contributed by atoms with Gasteiger partial charge in [-0.3, -0.25) is 9.59 Å². The van der Waals surface area contributed by atoms with E-state index in [1.54, 1.807) is 6.92 Å². The highest BCUT2D eigenvalue weighted by molar-refractivity contribution is 5.90. The van der Waals surface area contributed by atoms with Gasteiger partial charge in [0.2, 0.25) is 5.91 Å². The molecule has 25 heavy (non-hydrogen) atoms. The summed E-state index contributed by atoms with van der Waals surface area (Å²) in [5, 5.41) is 26.9. The lowest BCUT2D eigenvalue weighted by atomic mass is 9.95. The van der Waals surface area contributed by atoms with Crippen LogP contribution in [-0.4, -0.2) is 53.1 Å². The Morgan fingerprint density at radius 1 is 1.16 bits per heavy atom. The van der Waals surface area contributed by atoms with E-state index in [9.17, 15) is 9.59 Å². The van der Waals surface area contributed by atoms with Crippen LogP contribution in [-0.2, 0) is 9.59 Å². The molecule has 0 rings (SSSR count). The smallest absolute Gasteiger partial charge is 0.303 e. The Morgan fingerprint density at radius 2 is 1.80 bits per heavy atom. The first-order valence-electron chi connectivity index (χ1n) is 8.85. The second kappa shape index (κ2) is 12.7. The van der Waals surface area contributed by atoms with Crippen molar-refractivity contribution in [1.29, 1.82) is 0 Å². The predicted molar refractivity (Wildman–Crippen MR) is 97.9 cm³/mol. The molecule has 0 fully saturated rings. The topological polar surface area (TPSA) is 137 Å². The quantitative estimate of drug-likeness (QED) is 0.180. The highest BCUT2D eigenvalue weighted by Gasteiger charge is 2.21. The first kappa shape index (κ1) is 23.3. The maximum absolute atomic E-state index is 11.6. The van der Waals surface area contributed by atoms with Crippen molar-refractivity contribution in [1.82, 2.24) is 10.6 Å². The molecule has 6 N–H and O–H groups in total. The molecule has 1 atom stereocenters. The molecular formula is C17H34N4O4. The van der Waals surface area contributed by atoms with Crippen LogP contribution in [0, 0.1) is 5.92 Å². The summed E-state index contributed by atoms with van der Waals surface area (Å²) in [5.74, 6) is -0.603. The summed E-state index contributed by atoms with van der Waals surface area (Å²) >= 11 is 0. The molecule has 0 aromatic rings. The molecule has 0 aromatic heterocycles. The molecule has 0 aliphatic rings. The van der Waals surface area contributed by atoms with Crippen molar-refractivity contribution >= 4 is 17.6 Å². The van der Waals surface area contributed by atoms with Crippen LogP contribution in [0.15, 0.2) is 5.16 Å². The largest absolute Gasteiger partial charge is 0.481 e. The molecule has 0 saturated heterocycles. The second-order valence-electron chi connectivity index (χ2n) is 6.86. The van der Waals surface area contributed by atoms with Gasteiger partial charge in [0.25, 0.3) is 0 Å². The van der Waals surface area contributed by atoms with Crippen LogP contribution in [0.2, 0.25) is 0 Å². The lowest BCUT2D eigenvalue weighted by molar-refractivity contribution is -0.137. The SMILES string of the molecule is C/C(=N\O)C(C)(C)NCCC(CCN)CCNC(=O)CCCC(=O)O. The van der Waals surface area contributed by atoms with Gasteiger partial charge in [-0.25, -0.2) is 0 Å². The van der Waals surface area contributed by atoms with E-state index in [2.05, 4.69) is 15.8 Å². The summed E-state index contributed by atoms with van der Waals surface area (Å²) < 4.78 is 0. The van der Waals surface area contributed by atoms with Gasteiger partial charge in [-0.15, -0.1) is 0 Å². The van der Waals surface area contributed by atoms with E-state index in [0.717, 1.165) is 25.8 Å². The van der Waals surface area contributed by atoms with Gasteiger partial charge in [0.05, 0.1) is 11.3 Å². The summed E-state index contributed by atoms with van der Waals surface area (Å²) in [6, 6.07) is 0. The third-order valence-electron chi connectivity index (χ3n) is 4.42. The molecule has 0 aromatic carbocycles. The number of nitrogens with one attached hydrogen (secondary N) is 2. The minimum atomic E-state index is -0.882. The first-order chi connectivity index (χ1) is 11.7. The Labute approximate surface area is 150 Å². The van der Waals surface area contributed by atoms with Crippen molar-refractivity contribution in [3.05, 3.63) is 0 Å². The van der Waals surface area contributed by atoms with Gasteiger partial charge in [-0.2, -0.15) is 0 Å². The molecule has 8 nitrogen and oxygen atoms in total. The minimum Gasteiger partial charge on any atom is -0.481 e. The molecule has 146 valence electrons. The van der Waals surface area contributed by atoms with Crippen molar-refractivity contribution in [2.24, 2.45) is 16.8 Å². The van der Waals surface area contributed by atoms with E-state index < -0.39 is 5.97 Å². The van der Waals surface area contributed by atoms with Crippen LogP contribution >= 0.6 is 0 Å². The molecule has 1 amide bonds. The maximum atomic E-state index is 11.6. The van der Waals surface area contributed by atoms with Crippen molar-refractivity contribution in [3.63, 3.8) is 0 Å². The molecule has 0 heterocycles. The number of nitrogens with zero attached hydrogens (tertiary/aromatic N) is 1. The summed E-state index contributed by atoms with van der Waals surface area (Å²) in [7, 11) is 0. The number of oxime groups is 1. The first-order valence-corrected chi connectivity index (χ1v) is 8.85. The Balaban J connectivity index is 4.09. The van der Waals surface area contributed by atoms with Gasteiger partial charge in [0, 0.05) is 19.4 Å². The van der Waals surface area contributed by atoms with E-state index in [-0.39, 0.29) is 24.3 Å². The molecule has 0 bridgehead atoms. The number of nitrogens with two attached hydrogens (primary N) is 1. The molecule has 0 saturated carbocycles. The predicted octanol–water partition coefficient (Wildman–Crippen LogP) is 1.32. The van der Waals surface area contributed by atoms with Crippen LogP contribution in [0.25, 0.3) is 0 Å². The van der Waals surface area contributed by atoms with Gasteiger partial charge in [-0.1, -0.05) is 5.16 Å². The lowest BCUT2D eigenvalue weighted by Gasteiger charge is -2.26. The number of hydrogen-bond acceptors (Lipinski definition) is 6. The highest BCUT2D eigenvalue weighted by Crippen LogP contribution is 2.13. The van der Waals surface area contributed by atoms with Gasteiger partial charge in [-0.05, 0) is 65.5 Å². The van der Waals surface area contributed by atoms with Crippen molar-refractivity contribution in [2.45, 2.75) is 64.8 Å². The Hall–Kier alpha value is -1.67. The maximum Gasteiger partial charge on any atom is 0.303 e. The number of aliphatic carboxylic acids is 1. The number of carboxylic acid groups (broad SMARTS) is 1.